The molecule has 1 heterocycles. The molecule has 0 fully saturated rings. The predicted molar refractivity (Wildman–Crippen MR) is 63.8 cm³/mol. The monoisotopic (exact) mass is 238 g/mol. The molecule has 5 nitrogen and oxygen atoms in total. The van der Waals surface area contributed by atoms with E-state index in [1.165, 1.54) is 0 Å². The van der Waals surface area contributed by atoms with Crippen LogP contribution in [0, 0.1) is 5.41 Å². The Balaban J connectivity index is 2.86. The number of carbonyl (C=O) groups excluding carboxylic acids is 1. The first kappa shape index (κ1) is 13.3. The number of carboxylic acids is 1. The largest absolute Gasteiger partial charge is 0.480 e. The zero-order chi connectivity index (χ0) is 13.2. The lowest BCUT2D eigenvalue weighted by atomic mass is 9.86. The van der Waals surface area contributed by atoms with Crippen LogP contribution in [0.3, 0.4) is 0 Å². The number of nitrogens with one attached hydrogen (secondary N) is 1. The first-order valence-corrected chi connectivity index (χ1v) is 5.38. The molecule has 94 valence electrons. The van der Waals surface area contributed by atoms with Gasteiger partial charge in [-0.15, -0.1) is 0 Å². The molecule has 1 aromatic heterocycles. The minimum Gasteiger partial charge on any atom is -0.480 e. The van der Waals surface area contributed by atoms with Gasteiger partial charge in [-0.2, -0.15) is 0 Å². The van der Waals surface area contributed by atoms with Crippen molar-refractivity contribution >= 4 is 11.9 Å². The van der Waals surface area contributed by atoms with Crippen LogP contribution < -0.4 is 5.32 Å². The molecular formula is C12H18N2O3. The Labute approximate surface area is 100 Å². The Hall–Kier alpha value is -1.78. The van der Waals surface area contributed by atoms with Crippen molar-refractivity contribution in [2.75, 3.05) is 0 Å². The molecule has 0 spiro atoms. The number of aromatic nitrogens is 1. The van der Waals surface area contributed by atoms with Gasteiger partial charge in [0.05, 0.1) is 0 Å². The first-order chi connectivity index (χ1) is 7.73. The molecule has 0 saturated heterocycles. The van der Waals surface area contributed by atoms with E-state index in [2.05, 4.69) is 5.32 Å². The van der Waals surface area contributed by atoms with Crippen LogP contribution in [0.25, 0.3) is 0 Å². The number of hydrogen-bond donors (Lipinski definition) is 2. The molecule has 0 bridgehead atoms. The molecule has 0 aromatic carbocycles. The van der Waals surface area contributed by atoms with Gasteiger partial charge in [-0.1, -0.05) is 20.8 Å². The van der Waals surface area contributed by atoms with E-state index >= 15 is 0 Å². The smallest absolute Gasteiger partial charge is 0.326 e. The van der Waals surface area contributed by atoms with Crippen molar-refractivity contribution in [3.63, 3.8) is 0 Å². The van der Waals surface area contributed by atoms with Crippen molar-refractivity contribution in [3.05, 3.63) is 24.0 Å². The maximum Gasteiger partial charge on any atom is 0.326 e. The van der Waals surface area contributed by atoms with Crippen LogP contribution in [-0.4, -0.2) is 27.6 Å². The first-order valence-electron chi connectivity index (χ1n) is 5.38. The molecule has 1 rings (SSSR count). The second kappa shape index (κ2) is 4.61. The van der Waals surface area contributed by atoms with Crippen molar-refractivity contribution in [2.45, 2.75) is 26.8 Å². The van der Waals surface area contributed by atoms with Gasteiger partial charge < -0.3 is 15.0 Å². The summed E-state index contributed by atoms with van der Waals surface area (Å²) in [6, 6.07) is 2.48. The normalized spacial score (nSPS) is 13.2. The van der Waals surface area contributed by atoms with Crippen molar-refractivity contribution in [1.29, 1.82) is 0 Å². The SMILES string of the molecule is Cn1cccc1C(=O)N[C@H](C(=O)O)C(C)(C)C. The number of carbonyl (C=O) groups is 2. The second-order valence-corrected chi connectivity index (χ2v) is 5.12. The third kappa shape index (κ3) is 3.09. The summed E-state index contributed by atoms with van der Waals surface area (Å²) in [5.74, 6) is -1.40. The Morgan fingerprint density at radius 1 is 1.41 bits per heavy atom. The van der Waals surface area contributed by atoms with E-state index in [0.29, 0.717) is 5.69 Å². The molecule has 2 N–H and O–H groups in total. The molecule has 0 aliphatic rings. The lowest BCUT2D eigenvalue weighted by molar-refractivity contribution is -0.142. The van der Waals surface area contributed by atoms with Crippen LogP contribution >= 0.6 is 0 Å². The van der Waals surface area contributed by atoms with Crippen LogP contribution in [0.2, 0.25) is 0 Å². The van der Waals surface area contributed by atoms with Crippen LogP contribution in [0.15, 0.2) is 18.3 Å². The Morgan fingerprint density at radius 2 is 2.00 bits per heavy atom. The summed E-state index contributed by atoms with van der Waals surface area (Å²) in [5, 5.41) is 11.6. The van der Waals surface area contributed by atoms with Gasteiger partial charge in [0.2, 0.25) is 0 Å². The number of amides is 1. The lowest BCUT2D eigenvalue weighted by Gasteiger charge is -2.27. The average Bonchev–Trinajstić information content (AvgIpc) is 2.58. The fourth-order valence-electron chi connectivity index (χ4n) is 1.55. The van der Waals surface area contributed by atoms with Gasteiger partial charge >= 0.3 is 5.97 Å². The summed E-state index contributed by atoms with van der Waals surface area (Å²) >= 11 is 0. The number of aliphatic carboxylic acids is 1. The fourth-order valence-corrected chi connectivity index (χ4v) is 1.55. The predicted octanol–water partition coefficient (Wildman–Crippen LogP) is 1.25. The van der Waals surface area contributed by atoms with Crippen LogP contribution in [0.4, 0.5) is 0 Å². The van der Waals surface area contributed by atoms with Crippen LogP contribution in [-0.2, 0) is 11.8 Å². The van der Waals surface area contributed by atoms with E-state index in [-0.39, 0.29) is 5.91 Å². The molecule has 0 saturated carbocycles. The van der Waals surface area contributed by atoms with Crippen molar-refractivity contribution < 1.29 is 14.7 Å². The van der Waals surface area contributed by atoms with Gasteiger partial charge in [-0.25, -0.2) is 4.79 Å². The zero-order valence-corrected chi connectivity index (χ0v) is 10.5. The molecule has 1 aromatic rings. The summed E-state index contributed by atoms with van der Waals surface area (Å²) in [6.45, 7) is 5.32. The third-order valence-electron chi connectivity index (χ3n) is 2.56. The highest BCUT2D eigenvalue weighted by atomic mass is 16.4. The summed E-state index contributed by atoms with van der Waals surface area (Å²) in [7, 11) is 1.74. The van der Waals surface area contributed by atoms with Crippen LogP contribution in [0.1, 0.15) is 31.3 Å². The molecule has 1 amide bonds. The van der Waals surface area contributed by atoms with Gasteiger partial charge in [0, 0.05) is 13.2 Å². The van der Waals surface area contributed by atoms with Crippen molar-refractivity contribution in [3.8, 4) is 0 Å². The maximum atomic E-state index is 11.9. The number of aryl methyl sites for hydroxylation is 1. The van der Waals surface area contributed by atoms with E-state index in [1.54, 1.807) is 50.7 Å². The average molecular weight is 238 g/mol. The summed E-state index contributed by atoms with van der Waals surface area (Å²) in [5.41, 5.74) is -0.0902. The zero-order valence-electron chi connectivity index (χ0n) is 10.5. The summed E-state index contributed by atoms with van der Waals surface area (Å²) in [6.07, 6.45) is 1.74. The van der Waals surface area contributed by atoms with Gasteiger partial charge in [-0.3, -0.25) is 4.79 Å². The minimum absolute atomic E-state index is 0.375. The highest BCUT2D eigenvalue weighted by molar-refractivity contribution is 5.95. The molecule has 0 aliphatic carbocycles. The molecule has 5 heteroatoms. The molecule has 17 heavy (non-hydrogen) atoms. The third-order valence-corrected chi connectivity index (χ3v) is 2.56. The fraction of sp³-hybridized carbons (Fsp3) is 0.500. The minimum atomic E-state index is -1.03. The summed E-state index contributed by atoms with van der Waals surface area (Å²) < 4.78 is 1.65. The second-order valence-electron chi connectivity index (χ2n) is 5.12. The standard InChI is InChI=1S/C12H18N2O3/c1-12(2,3)9(11(16)17)13-10(15)8-6-5-7-14(8)4/h5-7,9H,1-4H3,(H,13,15)(H,16,17)/t9-/m1/s1. The molecule has 1 atom stereocenters. The summed E-state index contributed by atoms with van der Waals surface area (Å²) in [4.78, 5) is 23.0. The molecular weight excluding hydrogens is 220 g/mol. The molecule has 0 aliphatic heterocycles. The Morgan fingerprint density at radius 3 is 2.35 bits per heavy atom. The topological polar surface area (TPSA) is 71.3 Å². The van der Waals surface area contributed by atoms with E-state index in [4.69, 9.17) is 5.11 Å². The number of hydrogen-bond acceptors (Lipinski definition) is 2. The highest BCUT2D eigenvalue weighted by Gasteiger charge is 2.33. The Kier molecular flexibility index (Phi) is 3.60. The van der Waals surface area contributed by atoms with Gasteiger partial charge in [-0.05, 0) is 17.5 Å². The highest BCUT2D eigenvalue weighted by Crippen LogP contribution is 2.19. The van der Waals surface area contributed by atoms with Gasteiger partial charge in [0.25, 0.3) is 5.91 Å². The molecule has 0 radical (unpaired) electrons. The Bertz CT molecular complexity index is 429. The van der Waals surface area contributed by atoms with Crippen molar-refractivity contribution in [1.82, 2.24) is 9.88 Å². The lowest BCUT2D eigenvalue weighted by Crippen LogP contribution is -2.49. The van der Waals surface area contributed by atoms with E-state index in [0.717, 1.165) is 0 Å². The molecule has 0 unspecified atom stereocenters. The van der Waals surface area contributed by atoms with E-state index < -0.39 is 17.4 Å². The van der Waals surface area contributed by atoms with Gasteiger partial charge in [0.15, 0.2) is 0 Å². The number of carboxylic acid groups (broad SMARTS) is 1. The number of rotatable bonds is 3. The van der Waals surface area contributed by atoms with Crippen LogP contribution in [0.5, 0.6) is 0 Å². The maximum absolute atomic E-state index is 11.9. The van der Waals surface area contributed by atoms with E-state index in [1.807, 2.05) is 0 Å². The quantitative estimate of drug-likeness (QED) is 0.832. The van der Waals surface area contributed by atoms with E-state index in [9.17, 15) is 9.59 Å². The number of nitrogens with zero attached hydrogens (tertiary/aromatic N) is 1. The van der Waals surface area contributed by atoms with Gasteiger partial charge in [0.1, 0.15) is 11.7 Å². The van der Waals surface area contributed by atoms with Crippen molar-refractivity contribution in [2.24, 2.45) is 12.5 Å².